The van der Waals surface area contributed by atoms with Crippen LogP contribution in [-0.2, 0) is 0 Å². The highest BCUT2D eigenvalue weighted by atomic mass is 15.2. The standard InChI is InChI=1S/C14H30N2/c1-12(2)7-5-6-9-16-10-8-15-11-14(16)13(3)4/h12-15H,5-11H2,1-4H3. The molecule has 16 heavy (non-hydrogen) atoms. The van der Waals surface area contributed by atoms with Crippen molar-refractivity contribution in [3.63, 3.8) is 0 Å². The van der Waals surface area contributed by atoms with E-state index in [-0.39, 0.29) is 0 Å². The summed E-state index contributed by atoms with van der Waals surface area (Å²) in [5.41, 5.74) is 0. The minimum absolute atomic E-state index is 0.757. The predicted octanol–water partition coefficient (Wildman–Crippen LogP) is 2.74. The van der Waals surface area contributed by atoms with Crippen molar-refractivity contribution in [2.45, 2.75) is 53.0 Å². The van der Waals surface area contributed by atoms with E-state index >= 15 is 0 Å². The van der Waals surface area contributed by atoms with Gasteiger partial charge in [-0.1, -0.05) is 40.5 Å². The van der Waals surface area contributed by atoms with Crippen molar-refractivity contribution in [3.8, 4) is 0 Å². The first-order chi connectivity index (χ1) is 7.61. The molecular weight excluding hydrogens is 196 g/mol. The van der Waals surface area contributed by atoms with Crippen LogP contribution in [0.4, 0.5) is 0 Å². The molecule has 0 bridgehead atoms. The second kappa shape index (κ2) is 7.29. The highest BCUT2D eigenvalue weighted by Gasteiger charge is 2.23. The van der Waals surface area contributed by atoms with Gasteiger partial charge in [-0.15, -0.1) is 0 Å². The van der Waals surface area contributed by atoms with E-state index in [0.717, 1.165) is 17.9 Å². The summed E-state index contributed by atoms with van der Waals surface area (Å²) in [6, 6.07) is 0.757. The zero-order valence-electron chi connectivity index (χ0n) is 11.6. The van der Waals surface area contributed by atoms with Crippen molar-refractivity contribution < 1.29 is 0 Å². The van der Waals surface area contributed by atoms with E-state index in [1.54, 1.807) is 0 Å². The zero-order chi connectivity index (χ0) is 12.0. The first kappa shape index (κ1) is 14.0. The van der Waals surface area contributed by atoms with E-state index in [9.17, 15) is 0 Å². The molecule has 0 aromatic heterocycles. The van der Waals surface area contributed by atoms with Crippen molar-refractivity contribution in [3.05, 3.63) is 0 Å². The molecule has 0 spiro atoms. The largest absolute Gasteiger partial charge is 0.314 e. The Morgan fingerprint density at radius 2 is 1.94 bits per heavy atom. The molecule has 1 fully saturated rings. The molecule has 0 aliphatic carbocycles. The molecule has 0 aromatic carbocycles. The van der Waals surface area contributed by atoms with E-state index in [2.05, 4.69) is 37.9 Å². The maximum atomic E-state index is 3.51. The van der Waals surface area contributed by atoms with Crippen molar-refractivity contribution in [1.29, 1.82) is 0 Å². The van der Waals surface area contributed by atoms with Crippen LogP contribution in [0, 0.1) is 11.8 Å². The van der Waals surface area contributed by atoms with Crippen LogP contribution in [0.25, 0.3) is 0 Å². The van der Waals surface area contributed by atoms with Crippen LogP contribution in [0.15, 0.2) is 0 Å². The van der Waals surface area contributed by atoms with Crippen LogP contribution in [0.2, 0.25) is 0 Å². The lowest BCUT2D eigenvalue weighted by Gasteiger charge is -2.38. The van der Waals surface area contributed by atoms with Gasteiger partial charge >= 0.3 is 0 Å². The van der Waals surface area contributed by atoms with E-state index in [4.69, 9.17) is 0 Å². The minimum atomic E-state index is 0.757. The van der Waals surface area contributed by atoms with E-state index in [1.807, 2.05) is 0 Å². The van der Waals surface area contributed by atoms with E-state index < -0.39 is 0 Å². The number of rotatable bonds is 6. The van der Waals surface area contributed by atoms with Gasteiger partial charge in [0.05, 0.1) is 0 Å². The summed E-state index contributed by atoms with van der Waals surface area (Å²) in [5.74, 6) is 1.64. The number of hydrogen-bond acceptors (Lipinski definition) is 2. The van der Waals surface area contributed by atoms with Crippen LogP contribution in [0.3, 0.4) is 0 Å². The van der Waals surface area contributed by atoms with Gasteiger partial charge in [0, 0.05) is 25.7 Å². The molecular formula is C14H30N2. The third-order valence-electron chi connectivity index (χ3n) is 3.64. The van der Waals surface area contributed by atoms with Crippen molar-refractivity contribution in [2.24, 2.45) is 11.8 Å². The van der Waals surface area contributed by atoms with Crippen LogP contribution in [-0.4, -0.2) is 37.1 Å². The molecule has 1 aliphatic heterocycles. The van der Waals surface area contributed by atoms with Crippen LogP contribution in [0.5, 0.6) is 0 Å². The fourth-order valence-electron chi connectivity index (χ4n) is 2.57. The molecule has 0 aromatic rings. The van der Waals surface area contributed by atoms with Gasteiger partial charge in [0.1, 0.15) is 0 Å². The van der Waals surface area contributed by atoms with Gasteiger partial charge in [0.2, 0.25) is 0 Å². The lowest BCUT2D eigenvalue weighted by Crippen LogP contribution is -2.53. The molecule has 1 heterocycles. The first-order valence-corrected chi connectivity index (χ1v) is 7.06. The van der Waals surface area contributed by atoms with Crippen LogP contribution in [0.1, 0.15) is 47.0 Å². The van der Waals surface area contributed by atoms with E-state index in [0.29, 0.717) is 0 Å². The summed E-state index contributed by atoms with van der Waals surface area (Å²) in [6.07, 6.45) is 4.16. The summed E-state index contributed by atoms with van der Waals surface area (Å²) in [7, 11) is 0. The second-order valence-corrected chi connectivity index (χ2v) is 5.94. The van der Waals surface area contributed by atoms with Gasteiger partial charge in [-0.05, 0) is 24.8 Å². The molecule has 1 unspecified atom stereocenters. The number of piperazine rings is 1. The Hall–Kier alpha value is -0.0800. The Labute approximate surface area is 102 Å². The Morgan fingerprint density at radius 1 is 1.19 bits per heavy atom. The summed E-state index contributed by atoms with van der Waals surface area (Å²) in [6.45, 7) is 14.2. The molecule has 2 nitrogen and oxygen atoms in total. The highest BCUT2D eigenvalue weighted by Crippen LogP contribution is 2.14. The molecule has 0 saturated carbocycles. The number of unbranched alkanes of at least 4 members (excludes halogenated alkanes) is 1. The van der Waals surface area contributed by atoms with Crippen LogP contribution >= 0.6 is 0 Å². The Bertz CT molecular complexity index is 178. The quantitative estimate of drug-likeness (QED) is 0.701. The Kier molecular flexibility index (Phi) is 6.37. The van der Waals surface area contributed by atoms with Gasteiger partial charge in [-0.25, -0.2) is 0 Å². The van der Waals surface area contributed by atoms with Gasteiger partial charge in [-0.2, -0.15) is 0 Å². The normalized spacial score (nSPS) is 23.2. The Balaban J connectivity index is 2.22. The topological polar surface area (TPSA) is 15.3 Å². The predicted molar refractivity (Wildman–Crippen MR) is 71.8 cm³/mol. The molecule has 0 radical (unpaired) electrons. The third kappa shape index (κ3) is 4.84. The minimum Gasteiger partial charge on any atom is -0.314 e. The molecule has 1 N–H and O–H groups in total. The lowest BCUT2D eigenvalue weighted by molar-refractivity contribution is 0.122. The van der Waals surface area contributed by atoms with Crippen molar-refractivity contribution in [2.75, 3.05) is 26.2 Å². The van der Waals surface area contributed by atoms with Crippen molar-refractivity contribution in [1.82, 2.24) is 10.2 Å². The molecule has 1 aliphatic rings. The average Bonchev–Trinajstić information content (AvgIpc) is 2.24. The maximum absolute atomic E-state index is 3.51. The summed E-state index contributed by atoms with van der Waals surface area (Å²) in [4.78, 5) is 2.70. The number of nitrogens with zero attached hydrogens (tertiary/aromatic N) is 1. The van der Waals surface area contributed by atoms with Crippen molar-refractivity contribution >= 4 is 0 Å². The van der Waals surface area contributed by atoms with Gasteiger partial charge in [0.15, 0.2) is 0 Å². The number of nitrogens with one attached hydrogen (secondary N) is 1. The van der Waals surface area contributed by atoms with E-state index in [1.165, 1.54) is 45.4 Å². The van der Waals surface area contributed by atoms with Gasteiger partial charge in [0.25, 0.3) is 0 Å². The SMILES string of the molecule is CC(C)CCCCN1CCNCC1C(C)C. The molecule has 96 valence electrons. The summed E-state index contributed by atoms with van der Waals surface area (Å²) >= 11 is 0. The fraction of sp³-hybridized carbons (Fsp3) is 1.00. The monoisotopic (exact) mass is 226 g/mol. The first-order valence-electron chi connectivity index (χ1n) is 7.06. The number of hydrogen-bond donors (Lipinski definition) is 1. The highest BCUT2D eigenvalue weighted by molar-refractivity contribution is 4.81. The summed E-state index contributed by atoms with van der Waals surface area (Å²) in [5, 5.41) is 3.51. The molecule has 1 rings (SSSR count). The zero-order valence-corrected chi connectivity index (χ0v) is 11.6. The second-order valence-electron chi connectivity index (χ2n) is 5.94. The maximum Gasteiger partial charge on any atom is 0.0244 e. The third-order valence-corrected chi connectivity index (χ3v) is 3.64. The average molecular weight is 226 g/mol. The molecule has 0 amide bonds. The smallest absolute Gasteiger partial charge is 0.0244 e. The fourth-order valence-corrected chi connectivity index (χ4v) is 2.57. The van der Waals surface area contributed by atoms with Crippen LogP contribution < -0.4 is 5.32 Å². The molecule has 1 atom stereocenters. The molecule has 2 heteroatoms. The van der Waals surface area contributed by atoms with Gasteiger partial charge < -0.3 is 5.32 Å². The lowest BCUT2D eigenvalue weighted by atomic mass is 9.99. The summed E-state index contributed by atoms with van der Waals surface area (Å²) < 4.78 is 0. The Morgan fingerprint density at radius 3 is 2.56 bits per heavy atom. The molecule has 1 saturated heterocycles. The van der Waals surface area contributed by atoms with Gasteiger partial charge in [-0.3, -0.25) is 4.90 Å².